The summed E-state index contributed by atoms with van der Waals surface area (Å²) in [5.74, 6) is -0.542. The lowest BCUT2D eigenvalue weighted by molar-refractivity contribution is -0.156. The molecule has 42 heavy (non-hydrogen) atoms. The van der Waals surface area contributed by atoms with Gasteiger partial charge in [-0.25, -0.2) is 14.4 Å². The highest BCUT2D eigenvalue weighted by molar-refractivity contribution is 5.91. The Morgan fingerprint density at radius 3 is 2.21 bits per heavy atom. The van der Waals surface area contributed by atoms with Crippen molar-refractivity contribution in [3.05, 3.63) is 65.0 Å². The van der Waals surface area contributed by atoms with E-state index in [1.807, 2.05) is 64.6 Å². The van der Waals surface area contributed by atoms with Gasteiger partial charge in [0.1, 0.15) is 11.2 Å². The van der Waals surface area contributed by atoms with Crippen LogP contribution in [0.3, 0.4) is 0 Å². The Hall–Kier alpha value is -3.90. The average molecular weight is 578 g/mol. The van der Waals surface area contributed by atoms with Gasteiger partial charge in [0.05, 0.1) is 25.8 Å². The van der Waals surface area contributed by atoms with Crippen LogP contribution in [-0.2, 0) is 25.5 Å². The molecule has 0 radical (unpaired) electrons. The molecule has 226 valence electrons. The van der Waals surface area contributed by atoms with Gasteiger partial charge in [-0.1, -0.05) is 18.2 Å². The highest BCUT2D eigenvalue weighted by Crippen LogP contribution is 2.28. The van der Waals surface area contributed by atoms with Crippen molar-refractivity contribution in [2.24, 2.45) is 5.92 Å². The highest BCUT2D eigenvalue weighted by atomic mass is 16.6. The second-order valence-electron chi connectivity index (χ2n) is 12.7. The molecule has 0 aromatic heterocycles. The van der Waals surface area contributed by atoms with Crippen LogP contribution in [0.1, 0.15) is 70.3 Å². The van der Waals surface area contributed by atoms with Gasteiger partial charge in [0.25, 0.3) is 0 Å². The number of carbonyl (C=O) groups is 3. The Morgan fingerprint density at radius 1 is 0.952 bits per heavy atom. The maximum Gasteiger partial charge on any atom is 0.410 e. The molecule has 0 saturated carbocycles. The normalized spacial score (nSPS) is 14.3. The van der Waals surface area contributed by atoms with Crippen molar-refractivity contribution in [2.45, 2.75) is 72.1 Å². The van der Waals surface area contributed by atoms with Gasteiger partial charge in [-0.3, -0.25) is 9.69 Å². The first-order chi connectivity index (χ1) is 19.7. The standard InChI is InChI=1S/C33H43N3O6/c1-32(2,3)41-29(37)22-35(20-23-12-14-36(15-13-23)31(39)42-33(4,5)6)21-24-16-26(18-27(17-24)30(38)40-8)25-10-9-11-28(19-25)34-7/h9-11,16-19,23H,12-15,20-22H2,1-6,8H3. The van der Waals surface area contributed by atoms with Crippen LogP contribution in [-0.4, -0.2) is 72.3 Å². The largest absolute Gasteiger partial charge is 0.465 e. The number of likely N-dealkylation sites (tertiary alicyclic amines) is 1. The molecule has 0 atom stereocenters. The van der Waals surface area contributed by atoms with E-state index in [9.17, 15) is 14.4 Å². The number of piperidine rings is 1. The van der Waals surface area contributed by atoms with Gasteiger partial charge in [-0.15, -0.1) is 0 Å². The number of benzene rings is 2. The minimum Gasteiger partial charge on any atom is -0.465 e. The lowest BCUT2D eigenvalue weighted by atomic mass is 9.95. The van der Waals surface area contributed by atoms with Crippen LogP contribution in [0.25, 0.3) is 16.0 Å². The fraction of sp³-hybridized carbons (Fsp3) is 0.515. The molecule has 0 spiro atoms. The first-order valence-electron chi connectivity index (χ1n) is 14.3. The molecule has 9 nitrogen and oxygen atoms in total. The summed E-state index contributed by atoms with van der Waals surface area (Å²) in [4.78, 5) is 45.3. The summed E-state index contributed by atoms with van der Waals surface area (Å²) in [7, 11) is 1.34. The summed E-state index contributed by atoms with van der Waals surface area (Å²) in [5, 5.41) is 0. The van der Waals surface area contributed by atoms with Crippen molar-refractivity contribution >= 4 is 23.7 Å². The Bertz CT molecular complexity index is 1310. The first kappa shape index (κ1) is 32.6. The topological polar surface area (TPSA) is 89.7 Å². The van der Waals surface area contributed by atoms with Crippen molar-refractivity contribution in [1.82, 2.24) is 9.80 Å². The molecule has 9 heteroatoms. The van der Waals surface area contributed by atoms with Crippen molar-refractivity contribution in [3.8, 4) is 11.1 Å². The predicted octanol–water partition coefficient (Wildman–Crippen LogP) is 6.48. The first-order valence-corrected chi connectivity index (χ1v) is 14.3. The number of methoxy groups -OCH3 is 1. The maximum atomic E-state index is 12.9. The molecular formula is C33H43N3O6. The van der Waals surface area contributed by atoms with Crippen LogP contribution in [0, 0.1) is 12.5 Å². The number of hydrogen-bond acceptors (Lipinski definition) is 7. The van der Waals surface area contributed by atoms with Crippen LogP contribution in [0.15, 0.2) is 42.5 Å². The number of amides is 1. The van der Waals surface area contributed by atoms with E-state index >= 15 is 0 Å². The zero-order valence-electron chi connectivity index (χ0n) is 25.9. The van der Waals surface area contributed by atoms with Gasteiger partial charge in [0, 0.05) is 26.2 Å². The third-order valence-corrected chi connectivity index (χ3v) is 6.68. The van der Waals surface area contributed by atoms with Gasteiger partial charge in [-0.2, -0.15) is 0 Å². The lowest BCUT2D eigenvalue weighted by Gasteiger charge is -2.35. The molecule has 1 aliphatic rings. The molecule has 0 bridgehead atoms. The van der Waals surface area contributed by atoms with Crippen molar-refractivity contribution in [1.29, 1.82) is 0 Å². The zero-order valence-corrected chi connectivity index (χ0v) is 25.9. The van der Waals surface area contributed by atoms with Crippen molar-refractivity contribution in [3.63, 3.8) is 0 Å². The number of rotatable bonds is 8. The van der Waals surface area contributed by atoms with E-state index in [4.69, 9.17) is 20.8 Å². The molecule has 1 amide bonds. The van der Waals surface area contributed by atoms with E-state index in [0.29, 0.717) is 37.4 Å². The number of carbonyl (C=O) groups excluding carboxylic acids is 3. The summed E-state index contributed by atoms with van der Waals surface area (Å²) in [6.45, 7) is 20.7. The second kappa shape index (κ2) is 13.8. The van der Waals surface area contributed by atoms with Gasteiger partial charge in [0.2, 0.25) is 0 Å². The van der Waals surface area contributed by atoms with Gasteiger partial charge >= 0.3 is 18.0 Å². The van der Waals surface area contributed by atoms with E-state index in [1.54, 1.807) is 29.2 Å². The van der Waals surface area contributed by atoms with Crippen LogP contribution < -0.4 is 0 Å². The maximum absolute atomic E-state index is 12.9. The van der Waals surface area contributed by atoms with Crippen LogP contribution in [0.2, 0.25) is 0 Å². The molecular weight excluding hydrogens is 534 g/mol. The fourth-order valence-electron chi connectivity index (χ4n) is 4.93. The molecule has 2 aromatic rings. The highest BCUT2D eigenvalue weighted by Gasteiger charge is 2.29. The van der Waals surface area contributed by atoms with E-state index in [-0.39, 0.29) is 24.5 Å². The molecule has 0 unspecified atom stereocenters. The zero-order chi connectivity index (χ0) is 31.1. The Morgan fingerprint density at radius 2 is 1.62 bits per heavy atom. The Kier molecular flexibility index (Phi) is 10.7. The van der Waals surface area contributed by atoms with Crippen molar-refractivity contribution in [2.75, 3.05) is 33.3 Å². The van der Waals surface area contributed by atoms with E-state index in [1.165, 1.54) is 7.11 Å². The summed E-state index contributed by atoms with van der Waals surface area (Å²) in [5.41, 5.74) is 2.14. The molecule has 2 aromatic carbocycles. The Balaban J connectivity index is 1.84. The predicted molar refractivity (Wildman–Crippen MR) is 161 cm³/mol. The van der Waals surface area contributed by atoms with E-state index in [0.717, 1.165) is 29.5 Å². The van der Waals surface area contributed by atoms with Crippen LogP contribution in [0.5, 0.6) is 0 Å². The number of esters is 2. The average Bonchev–Trinajstić information content (AvgIpc) is 2.90. The summed E-state index contributed by atoms with van der Waals surface area (Å²) in [6, 6.07) is 12.7. The molecule has 3 rings (SSSR count). The third-order valence-electron chi connectivity index (χ3n) is 6.68. The van der Waals surface area contributed by atoms with Crippen LogP contribution in [0.4, 0.5) is 10.5 Å². The monoisotopic (exact) mass is 577 g/mol. The Labute approximate surface area is 249 Å². The smallest absolute Gasteiger partial charge is 0.410 e. The molecule has 1 heterocycles. The van der Waals surface area contributed by atoms with Crippen molar-refractivity contribution < 1.29 is 28.6 Å². The summed E-state index contributed by atoms with van der Waals surface area (Å²) >= 11 is 0. The number of ether oxygens (including phenoxy) is 3. The van der Waals surface area contributed by atoms with Gasteiger partial charge < -0.3 is 19.1 Å². The van der Waals surface area contributed by atoms with E-state index in [2.05, 4.69) is 4.85 Å². The summed E-state index contributed by atoms with van der Waals surface area (Å²) < 4.78 is 16.2. The van der Waals surface area contributed by atoms with Gasteiger partial charge in [0.15, 0.2) is 5.69 Å². The molecule has 1 saturated heterocycles. The molecule has 0 aliphatic carbocycles. The van der Waals surface area contributed by atoms with Crippen LogP contribution >= 0.6 is 0 Å². The quantitative estimate of drug-likeness (QED) is 0.201. The minimum absolute atomic E-state index is 0.0779. The fourth-order valence-corrected chi connectivity index (χ4v) is 4.93. The number of nitrogens with zero attached hydrogens (tertiary/aromatic N) is 3. The molecule has 0 N–H and O–H groups in total. The minimum atomic E-state index is -0.618. The second-order valence-corrected chi connectivity index (χ2v) is 12.7. The third kappa shape index (κ3) is 10.2. The molecule has 1 fully saturated rings. The number of hydrogen-bond donors (Lipinski definition) is 0. The lowest BCUT2D eigenvalue weighted by Crippen LogP contribution is -2.44. The van der Waals surface area contributed by atoms with E-state index < -0.39 is 17.2 Å². The SMILES string of the molecule is [C-]#[N+]c1cccc(-c2cc(CN(CC(=O)OC(C)(C)C)CC3CCN(C(=O)OC(C)(C)C)CC3)cc(C(=O)OC)c2)c1. The summed E-state index contributed by atoms with van der Waals surface area (Å²) in [6.07, 6.45) is 1.25. The molecule has 1 aliphatic heterocycles. The van der Waals surface area contributed by atoms with Gasteiger partial charge in [-0.05, 0) is 101 Å².